The van der Waals surface area contributed by atoms with Crippen molar-refractivity contribution in [2.75, 3.05) is 13.7 Å². The summed E-state index contributed by atoms with van der Waals surface area (Å²) in [6, 6.07) is 8.58. The Bertz CT molecular complexity index is 1040. The molecule has 0 N–H and O–H groups in total. The summed E-state index contributed by atoms with van der Waals surface area (Å²) in [7, 11) is 1.37. The second-order valence-corrected chi connectivity index (χ2v) is 6.09. The van der Waals surface area contributed by atoms with Crippen molar-refractivity contribution < 1.29 is 18.8 Å². The van der Waals surface area contributed by atoms with Gasteiger partial charge in [-0.3, -0.25) is 14.9 Å². The number of nitro groups is 1. The van der Waals surface area contributed by atoms with Gasteiger partial charge in [0.2, 0.25) is 0 Å². The molecule has 0 saturated carbocycles. The van der Waals surface area contributed by atoms with Crippen LogP contribution >= 0.6 is 0 Å². The van der Waals surface area contributed by atoms with Crippen LogP contribution in [0, 0.1) is 15.9 Å². The fourth-order valence-electron chi connectivity index (χ4n) is 2.87. The summed E-state index contributed by atoms with van der Waals surface area (Å²) in [4.78, 5) is 29.1. The Morgan fingerprint density at radius 1 is 1.31 bits per heavy atom. The maximum atomic E-state index is 13.9. The molecule has 3 aromatic rings. The average Bonchev–Trinajstić information content (AvgIpc) is 3.26. The fourth-order valence-corrected chi connectivity index (χ4v) is 2.87. The zero-order valence-electron chi connectivity index (χ0n) is 15.8. The van der Waals surface area contributed by atoms with E-state index in [2.05, 4.69) is 10.1 Å². The van der Waals surface area contributed by atoms with Crippen molar-refractivity contribution in [2.45, 2.75) is 13.5 Å². The first-order valence-electron chi connectivity index (χ1n) is 8.69. The van der Waals surface area contributed by atoms with Gasteiger partial charge in [-0.2, -0.15) is 5.10 Å². The Morgan fingerprint density at radius 3 is 2.69 bits per heavy atom. The van der Waals surface area contributed by atoms with Crippen molar-refractivity contribution >= 4 is 11.6 Å². The van der Waals surface area contributed by atoms with Gasteiger partial charge in [-0.25, -0.2) is 14.1 Å². The highest BCUT2D eigenvalue weighted by Gasteiger charge is 2.22. The summed E-state index contributed by atoms with van der Waals surface area (Å²) in [5.74, 6) is -0.819. The summed E-state index contributed by atoms with van der Waals surface area (Å²) in [6.45, 7) is 2.26. The molecule has 9 nitrogen and oxygen atoms in total. The third-order valence-electron chi connectivity index (χ3n) is 4.34. The lowest BCUT2D eigenvalue weighted by molar-refractivity contribution is -0.384. The largest absolute Gasteiger partial charge is 0.494 e. The molecule has 29 heavy (non-hydrogen) atoms. The first-order valence-corrected chi connectivity index (χ1v) is 8.69. The molecule has 0 atom stereocenters. The van der Waals surface area contributed by atoms with Gasteiger partial charge in [0.25, 0.3) is 11.6 Å². The fraction of sp³-hybridized carbons (Fsp3) is 0.211. The van der Waals surface area contributed by atoms with E-state index >= 15 is 0 Å². The molecular weight excluding hydrogens is 381 g/mol. The number of carbonyl (C=O) groups is 1. The first kappa shape index (κ1) is 19.9. The molecule has 2 aromatic carbocycles. The van der Waals surface area contributed by atoms with Crippen molar-refractivity contribution in [1.29, 1.82) is 0 Å². The molecule has 0 saturated heterocycles. The second kappa shape index (κ2) is 8.46. The van der Waals surface area contributed by atoms with Crippen LogP contribution in [0.4, 0.5) is 10.1 Å². The number of rotatable bonds is 7. The van der Waals surface area contributed by atoms with Crippen LogP contribution in [0.25, 0.3) is 5.69 Å². The van der Waals surface area contributed by atoms with Crippen LogP contribution < -0.4 is 4.74 Å². The monoisotopic (exact) mass is 399 g/mol. The first-order chi connectivity index (χ1) is 13.9. The van der Waals surface area contributed by atoms with Crippen LogP contribution in [0.15, 0.2) is 49.1 Å². The highest BCUT2D eigenvalue weighted by molar-refractivity contribution is 5.95. The molecule has 10 heteroatoms. The Labute approximate surface area is 165 Å². The Morgan fingerprint density at radius 2 is 2.10 bits per heavy atom. The third-order valence-corrected chi connectivity index (χ3v) is 4.34. The number of carbonyl (C=O) groups excluding carboxylic acids is 1. The molecule has 0 fully saturated rings. The van der Waals surface area contributed by atoms with Crippen molar-refractivity contribution in [1.82, 2.24) is 19.7 Å². The Hall–Kier alpha value is -3.82. The van der Waals surface area contributed by atoms with Gasteiger partial charge in [-0.05, 0) is 36.8 Å². The maximum absolute atomic E-state index is 13.9. The molecule has 0 aliphatic rings. The molecule has 1 amide bonds. The lowest BCUT2D eigenvalue weighted by Gasteiger charge is -2.21. The minimum atomic E-state index is -0.580. The van der Waals surface area contributed by atoms with Gasteiger partial charge >= 0.3 is 0 Å². The van der Waals surface area contributed by atoms with E-state index in [1.54, 1.807) is 13.0 Å². The second-order valence-electron chi connectivity index (χ2n) is 6.09. The summed E-state index contributed by atoms with van der Waals surface area (Å²) >= 11 is 0. The molecule has 0 unspecified atom stereocenters. The quantitative estimate of drug-likeness (QED) is 0.447. The van der Waals surface area contributed by atoms with E-state index in [1.165, 1.54) is 59.7 Å². The van der Waals surface area contributed by atoms with Crippen molar-refractivity contribution in [2.24, 2.45) is 0 Å². The van der Waals surface area contributed by atoms with Gasteiger partial charge in [0, 0.05) is 24.7 Å². The molecule has 0 radical (unpaired) electrons. The molecule has 0 aliphatic heterocycles. The zero-order chi connectivity index (χ0) is 21.0. The summed E-state index contributed by atoms with van der Waals surface area (Å²) in [5.41, 5.74) is 0.654. The molecule has 1 aromatic heterocycles. The molecule has 0 aliphatic carbocycles. The summed E-state index contributed by atoms with van der Waals surface area (Å²) in [5, 5.41) is 15.4. The molecule has 0 spiro atoms. The van der Waals surface area contributed by atoms with Crippen molar-refractivity contribution in [3.63, 3.8) is 0 Å². The lowest BCUT2D eigenvalue weighted by Crippen LogP contribution is -2.30. The minimum absolute atomic E-state index is 0.113. The number of nitro benzene ring substituents is 1. The van der Waals surface area contributed by atoms with Gasteiger partial charge < -0.3 is 9.64 Å². The number of ether oxygens (including phenoxy) is 1. The van der Waals surface area contributed by atoms with E-state index in [9.17, 15) is 19.3 Å². The number of halogens is 1. The number of methoxy groups -OCH3 is 1. The van der Waals surface area contributed by atoms with Crippen LogP contribution in [0.1, 0.15) is 22.8 Å². The smallest absolute Gasteiger partial charge is 0.295 e. The lowest BCUT2D eigenvalue weighted by atomic mass is 10.1. The molecular formula is C19H18FN5O4. The topological polar surface area (TPSA) is 103 Å². The molecule has 0 bridgehead atoms. The van der Waals surface area contributed by atoms with E-state index in [0.717, 1.165) is 0 Å². The van der Waals surface area contributed by atoms with Crippen molar-refractivity contribution in [3.05, 3.63) is 76.1 Å². The molecule has 150 valence electrons. The van der Waals surface area contributed by atoms with Crippen LogP contribution in [0.2, 0.25) is 0 Å². The number of hydrogen-bond donors (Lipinski definition) is 0. The summed E-state index contributed by atoms with van der Waals surface area (Å²) in [6.07, 6.45) is 2.59. The number of aromatic nitrogens is 3. The highest BCUT2D eigenvalue weighted by atomic mass is 19.1. The standard InChI is InChI=1S/C19H18FN5O4/c1-3-23(10-13-4-7-18(29-2)15(20)8-13)19(26)14-5-6-16(17(9-14)25(27)28)24-12-21-11-22-24/h4-9,11-12H,3,10H2,1-2H3. The van der Waals surface area contributed by atoms with E-state index in [1.807, 2.05) is 0 Å². The van der Waals surface area contributed by atoms with Crippen LogP contribution in [0.5, 0.6) is 5.75 Å². The van der Waals surface area contributed by atoms with Gasteiger partial charge in [0.15, 0.2) is 11.6 Å². The predicted octanol–water partition coefficient (Wildman–Crippen LogP) is 2.99. The number of hydrogen-bond acceptors (Lipinski definition) is 6. The van der Waals surface area contributed by atoms with Gasteiger partial charge in [0.05, 0.1) is 12.0 Å². The Kier molecular flexibility index (Phi) is 5.82. The zero-order valence-corrected chi connectivity index (χ0v) is 15.8. The Balaban J connectivity index is 1.88. The van der Waals surface area contributed by atoms with Crippen LogP contribution in [0.3, 0.4) is 0 Å². The SMILES string of the molecule is CCN(Cc1ccc(OC)c(F)c1)C(=O)c1ccc(-n2cncn2)c([N+](=O)[O-])c1. The van der Waals surface area contributed by atoms with Crippen LogP contribution in [-0.4, -0.2) is 44.1 Å². The summed E-state index contributed by atoms with van der Waals surface area (Å²) < 4.78 is 20.1. The third kappa shape index (κ3) is 4.21. The number of amides is 1. The van der Waals surface area contributed by atoms with Crippen LogP contribution in [-0.2, 0) is 6.54 Å². The molecule has 1 heterocycles. The van der Waals surface area contributed by atoms with E-state index < -0.39 is 16.6 Å². The van der Waals surface area contributed by atoms with Gasteiger partial charge in [-0.1, -0.05) is 6.07 Å². The van der Waals surface area contributed by atoms with E-state index in [0.29, 0.717) is 12.1 Å². The minimum Gasteiger partial charge on any atom is -0.494 e. The normalized spacial score (nSPS) is 10.6. The predicted molar refractivity (Wildman–Crippen MR) is 101 cm³/mol. The van der Waals surface area contributed by atoms with E-state index in [-0.39, 0.29) is 29.2 Å². The van der Waals surface area contributed by atoms with Gasteiger partial charge in [-0.15, -0.1) is 0 Å². The highest BCUT2D eigenvalue weighted by Crippen LogP contribution is 2.25. The molecule has 3 rings (SSSR count). The van der Waals surface area contributed by atoms with Gasteiger partial charge in [0.1, 0.15) is 18.3 Å². The van der Waals surface area contributed by atoms with Crippen molar-refractivity contribution in [3.8, 4) is 11.4 Å². The average molecular weight is 399 g/mol. The number of nitrogens with zero attached hydrogens (tertiary/aromatic N) is 5. The van der Waals surface area contributed by atoms with E-state index in [4.69, 9.17) is 4.74 Å². The maximum Gasteiger partial charge on any atom is 0.295 e. The number of benzene rings is 2.